The van der Waals surface area contributed by atoms with Gasteiger partial charge in [-0.05, 0) is 18.8 Å². The van der Waals surface area contributed by atoms with Crippen LogP contribution in [0.1, 0.15) is 23.3 Å². The second kappa shape index (κ2) is 5.77. The number of nitrogens with zero attached hydrogens (tertiary/aromatic N) is 3. The largest absolute Gasteiger partial charge is 0.464 e. The molecule has 18 heavy (non-hydrogen) atoms. The van der Waals surface area contributed by atoms with E-state index < -0.39 is 5.97 Å². The first-order valence-corrected chi connectivity index (χ1v) is 6.00. The molecule has 1 aromatic rings. The number of rotatable bonds is 3. The lowest BCUT2D eigenvalue weighted by atomic mass is 9.98. The van der Waals surface area contributed by atoms with Gasteiger partial charge in [-0.3, -0.25) is 0 Å². The minimum absolute atomic E-state index is 0.214. The van der Waals surface area contributed by atoms with E-state index in [1.54, 1.807) is 6.20 Å². The Bertz CT molecular complexity index is 400. The summed E-state index contributed by atoms with van der Waals surface area (Å²) in [7, 11) is 1.32. The Morgan fingerprint density at radius 2 is 2.17 bits per heavy atom. The van der Waals surface area contributed by atoms with E-state index >= 15 is 0 Å². The molecule has 0 bridgehead atoms. The van der Waals surface area contributed by atoms with Gasteiger partial charge in [0.1, 0.15) is 5.82 Å². The summed E-state index contributed by atoms with van der Waals surface area (Å²) in [5, 5.41) is 9.07. The average Bonchev–Trinajstić information content (AvgIpc) is 2.47. The molecule has 0 amide bonds. The summed E-state index contributed by atoms with van der Waals surface area (Å²) < 4.78 is 4.57. The minimum atomic E-state index is -0.479. The summed E-state index contributed by atoms with van der Waals surface area (Å²) in [6.07, 6.45) is 4.93. The predicted octanol–water partition coefficient (Wildman–Crippen LogP) is 0.472. The highest BCUT2D eigenvalue weighted by Crippen LogP contribution is 2.20. The quantitative estimate of drug-likeness (QED) is 0.787. The van der Waals surface area contributed by atoms with Crippen LogP contribution >= 0.6 is 0 Å². The smallest absolute Gasteiger partial charge is 0.358 e. The van der Waals surface area contributed by atoms with E-state index in [0.717, 1.165) is 31.7 Å². The number of piperidine rings is 1. The van der Waals surface area contributed by atoms with Gasteiger partial charge in [-0.25, -0.2) is 14.8 Å². The van der Waals surface area contributed by atoms with Gasteiger partial charge in [-0.1, -0.05) is 0 Å². The molecule has 0 atom stereocenters. The summed E-state index contributed by atoms with van der Waals surface area (Å²) in [4.78, 5) is 21.6. The lowest BCUT2D eigenvalue weighted by Gasteiger charge is -2.31. The highest BCUT2D eigenvalue weighted by atomic mass is 16.5. The van der Waals surface area contributed by atoms with Crippen molar-refractivity contribution in [2.45, 2.75) is 12.8 Å². The molecule has 1 fully saturated rings. The van der Waals surface area contributed by atoms with Crippen LogP contribution in [0.15, 0.2) is 12.4 Å². The van der Waals surface area contributed by atoms with Gasteiger partial charge in [-0.2, -0.15) is 0 Å². The van der Waals surface area contributed by atoms with E-state index in [-0.39, 0.29) is 12.3 Å². The number of anilines is 1. The fourth-order valence-corrected chi connectivity index (χ4v) is 2.04. The molecule has 0 unspecified atom stereocenters. The van der Waals surface area contributed by atoms with E-state index in [9.17, 15) is 4.79 Å². The maximum absolute atomic E-state index is 11.2. The van der Waals surface area contributed by atoms with Crippen LogP contribution in [0.3, 0.4) is 0 Å². The van der Waals surface area contributed by atoms with Gasteiger partial charge in [-0.15, -0.1) is 0 Å². The third-order valence-electron chi connectivity index (χ3n) is 3.23. The molecular weight excluding hydrogens is 234 g/mol. The zero-order chi connectivity index (χ0) is 13.0. The molecule has 0 aliphatic carbocycles. The number of aliphatic hydroxyl groups excluding tert-OH is 1. The zero-order valence-corrected chi connectivity index (χ0v) is 10.4. The van der Waals surface area contributed by atoms with Gasteiger partial charge >= 0.3 is 5.97 Å². The van der Waals surface area contributed by atoms with Crippen molar-refractivity contribution in [2.75, 3.05) is 31.7 Å². The van der Waals surface area contributed by atoms with Crippen LogP contribution in [0, 0.1) is 5.92 Å². The van der Waals surface area contributed by atoms with Gasteiger partial charge in [0.15, 0.2) is 5.69 Å². The number of carbonyl (C=O) groups excluding carboxylic acids is 1. The number of ether oxygens (including phenoxy) is 1. The van der Waals surface area contributed by atoms with Crippen molar-refractivity contribution in [2.24, 2.45) is 5.92 Å². The molecule has 1 N–H and O–H groups in total. The predicted molar refractivity (Wildman–Crippen MR) is 65.4 cm³/mol. The van der Waals surface area contributed by atoms with Crippen LogP contribution in [0.4, 0.5) is 5.82 Å². The first-order chi connectivity index (χ1) is 8.74. The monoisotopic (exact) mass is 251 g/mol. The highest BCUT2D eigenvalue weighted by molar-refractivity contribution is 5.86. The number of aliphatic hydroxyl groups is 1. The third-order valence-corrected chi connectivity index (χ3v) is 3.23. The van der Waals surface area contributed by atoms with Gasteiger partial charge in [0, 0.05) is 19.7 Å². The second-order valence-electron chi connectivity index (χ2n) is 4.36. The second-order valence-corrected chi connectivity index (χ2v) is 4.36. The molecule has 2 heterocycles. The molecule has 2 rings (SSSR count). The van der Waals surface area contributed by atoms with Gasteiger partial charge in [0.25, 0.3) is 0 Å². The Hall–Kier alpha value is -1.69. The minimum Gasteiger partial charge on any atom is -0.464 e. The molecule has 1 aliphatic heterocycles. The van der Waals surface area contributed by atoms with E-state index in [0.29, 0.717) is 5.92 Å². The Morgan fingerprint density at radius 1 is 1.44 bits per heavy atom. The summed E-state index contributed by atoms with van der Waals surface area (Å²) >= 11 is 0. The normalized spacial score (nSPS) is 16.7. The van der Waals surface area contributed by atoms with Crippen LogP contribution < -0.4 is 4.90 Å². The van der Waals surface area contributed by atoms with Gasteiger partial charge in [0.2, 0.25) is 0 Å². The maximum atomic E-state index is 11.2. The summed E-state index contributed by atoms with van der Waals surface area (Å²) in [5.74, 6) is 0.677. The topological polar surface area (TPSA) is 75.5 Å². The van der Waals surface area contributed by atoms with Gasteiger partial charge in [0.05, 0.1) is 19.5 Å². The number of hydrogen-bond acceptors (Lipinski definition) is 6. The molecule has 0 aromatic carbocycles. The maximum Gasteiger partial charge on any atom is 0.358 e. The fourth-order valence-electron chi connectivity index (χ4n) is 2.04. The average molecular weight is 251 g/mol. The number of methoxy groups -OCH3 is 1. The van der Waals surface area contributed by atoms with Crippen molar-refractivity contribution >= 4 is 11.8 Å². The molecular formula is C12H17N3O3. The number of aromatic nitrogens is 2. The summed E-state index contributed by atoms with van der Waals surface area (Å²) in [6.45, 7) is 1.97. The molecule has 0 spiro atoms. The van der Waals surface area contributed by atoms with E-state index in [2.05, 4.69) is 19.6 Å². The number of hydrogen-bond donors (Lipinski definition) is 1. The van der Waals surface area contributed by atoms with E-state index in [1.807, 2.05) is 0 Å². The fraction of sp³-hybridized carbons (Fsp3) is 0.583. The van der Waals surface area contributed by atoms with Crippen molar-refractivity contribution in [3.05, 3.63) is 18.1 Å². The number of carbonyl (C=O) groups is 1. The van der Waals surface area contributed by atoms with Crippen molar-refractivity contribution < 1.29 is 14.6 Å². The first-order valence-electron chi connectivity index (χ1n) is 6.00. The molecule has 1 saturated heterocycles. The number of esters is 1. The lowest BCUT2D eigenvalue weighted by Crippen LogP contribution is -2.35. The van der Waals surface area contributed by atoms with Crippen LogP contribution in [0.2, 0.25) is 0 Å². The first kappa shape index (κ1) is 12.8. The van der Waals surface area contributed by atoms with E-state index in [4.69, 9.17) is 5.11 Å². The van der Waals surface area contributed by atoms with Crippen LogP contribution in [-0.2, 0) is 4.74 Å². The van der Waals surface area contributed by atoms with Gasteiger partial charge < -0.3 is 14.7 Å². The van der Waals surface area contributed by atoms with E-state index in [1.165, 1.54) is 13.3 Å². The van der Waals surface area contributed by atoms with Crippen LogP contribution in [-0.4, -0.2) is 47.8 Å². The summed E-state index contributed by atoms with van der Waals surface area (Å²) in [5.41, 5.74) is 0.214. The summed E-state index contributed by atoms with van der Waals surface area (Å²) in [6, 6.07) is 0. The third kappa shape index (κ3) is 2.76. The Balaban J connectivity index is 2.00. The molecule has 1 aliphatic rings. The molecule has 98 valence electrons. The molecule has 6 heteroatoms. The molecule has 6 nitrogen and oxygen atoms in total. The van der Waals surface area contributed by atoms with Crippen molar-refractivity contribution in [3.63, 3.8) is 0 Å². The van der Waals surface area contributed by atoms with Crippen molar-refractivity contribution in [1.29, 1.82) is 0 Å². The zero-order valence-electron chi connectivity index (χ0n) is 10.4. The molecule has 0 saturated carbocycles. The van der Waals surface area contributed by atoms with Crippen molar-refractivity contribution in [3.8, 4) is 0 Å². The Kier molecular flexibility index (Phi) is 4.09. The Morgan fingerprint density at radius 3 is 2.67 bits per heavy atom. The standard InChI is InChI=1S/C12H17N3O3/c1-18-12(17)10-6-14-11(7-13-10)15-4-2-9(8-16)3-5-15/h6-7,9,16H,2-5,8H2,1H3. The molecule has 0 radical (unpaired) electrons. The SMILES string of the molecule is COC(=O)c1cnc(N2CCC(CO)CC2)cn1. The highest BCUT2D eigenvalue weighted by Gasteiger charge is 2.20. The van der Waals surface area contributed by atoms with Crippen LogP contribution in [0.25, 0.3) is 0 Å². The molecule has 1 aromatic heterocycles. The lowest BCUT2D eigenvalue weighted by molar-refractivity contribution is 0.0593. The van der Waals surface area contributed by atoms with Crippen LogP contribution in [0.5, 0.6) is 0 Å². The van der Waals surface area contributed by atoms with Crippen molar-refractivity contribution in [1.82, 2.24) is 9.97 Å². The Labute approximate surface area is 106 Å².